The fraction of sp³-hybridized carbons (Fsp3) is 0.158. The molecule has 5 nitrogen and oxygen atoms in total. The molecule has 0 saturated heterocycles. The zero-order valence-electron chi connectivity index (χ0n) is 13.8. The first-order valence-corrected chi connectivity index (χ1v) is 8.09. The Kier molecular flexibility index (Phi) is 5.05. The molecule has 1 heterocycles. The van der Waals surface area contributed by atoms with Crippen molar-refractivity contribution in [3.63, 3.8) is 0 Å². The number of methoxy groups -OCH3 is 1. The van der Waals surface area contributed by atoms with Crippen LogP contribution in [0.25, 0.3) is 0 Å². The number of hydrogen-bond donors (Lipinski definition) is 1. The number of ether oxygens (including phenoxy) is 2. The zero-order chi connectivity index (χ0) is 17.8. The molecule has 2 aromatic rings. The molecule has 0 bridgehead atoms. The van der Waals surface area contributed by atoms with Gasteiger partial charge in [-0.2, -0.15) is 5.10 Å². The van der Waals surface area contributed by atoms with Crippen molar-refractivity contribution in [1.29, 1.82) is 0 Å². The first kappa shape index (κ1) is 17.0. The Morgan fingerprint density at radius 1 is 1.16 bits per heavy atom. The summed E-state index contributed by atoms with van der Waals surface area (Å²) >= 11 is 6.14. The summed E-state index contributed by atoms with van der Waals surface area (Å²) < 4.78 is 10.1. The van der Waals surface area contributed by atoms with E-state index in [0.29, 0.717) is 22.2 Å². The van der Waals surface area contributed by atoms with Gasteiger partial charge in [-0.05, 0) is 24.6 Å². The van der Waals surface area contributed by atoms with Gasteiger partial charge in [0, 0.05) is 10.6 Å². The maximum Gasteiger partial charge on any atom is 0.513 e. The van der Waals surface area contributed by atoms with E-state index in [9.17, 15) is 4.79 Å². The summed E-state index contributed by atoms with van der Waals surface area (Å²) in [6.07, 6.45) is -0.774. The Morgan fingerprint density at radius 2 is 1.92 bits per heavy atom. The monoisotopic (exact) mass is 356 g/mol. The third-order valence-electron chi connectivity index (χ3n) is 3.86. The minimum absolute atomic E-state index is 0.361. The molecular formula is C19H17ClN2O3. The maximum absolute atomic E-state index is 11.7. The molecular weight excluding hydrogens is 340 g/mol. The van der Waals surface area contributed by atoms with E-state index < -0.39 is 6.16 Å². The van der Waals surface area contributed by atoms with Gasteiger partial charge in [0.2, 0.25) is 0 Å². The number of rotatable bonds is 3. The number of halogens is 1. The minimum Gasteiger partial charge on any atom is -0.437 e. The third-order valence-corrected chi connectivity index (χ3v) is 4.10. The van der Waals surface area contributed by atoms with Crippen LogP contribution < -0.4 is 5.43 Å². The van der Waals surface area contributed by atoms with Crippen molar-refractivity contribution in [2.75, 3.05) is 7.11 Å². The van der Waals surface area contributed by atoms with Gasteiger partial charge in [-0.1, -0.05) is 54.1 Å². The van der Waals surface area contributed by atoms with Gasteiger partial charge in [0.25, 0.3) is 0 Å². The Labute approximate surface area is 150 Å². The molecule has 3 rings (SSSR count). The Balaban J connectivity index is 2.10. The van der Waals surface area contributed by atoms with Crippen LogP contribution in [0, 0.1) is 0 Å². The lowest BCUT2D eigenvalue weighted by Gasteiger charge is -2.27. The highest BCUT2D eigenvalue weighted by atomic mass is 35.5. The molecule has 0 aliphatic carbocycles. The average Bonchev–Trinajstić information content (AvgIpc) is 2.63. The van der Waals surface area contributed by atoms with Crippen LogP contribution in [0.15, 0.2) is 71.2 Å². The Bertz CT molecular complexity index is 847. The second kappa shape index (κ2) is 7.40. The average molecular weight is 357 g/mol. The van der Waals surface area contributed by atoms with Gasteiger partial charge >= 0.3 is 6.16 Å². The van der Waals surface area contributed by atoms with Crippen LogP contribution >= 0.6 is 11.6 Å². The van der Waals surface area contributed by atoms with Crippen LogP contribution in [0.1, 0.15) is 24.0 Å². The standard InChI is InChI=1S/C19H17ClN2O3/c1-12-18(25-19(23)24-2)16(13-7-4-3-5-8-13)17(22-21-12)14-9-6-10-15(20)11-14/h3-11,16,21H,1-2H3. The molecule has 0 spiro atoms. The van der Waals surface area contributed by atoms with Crippen molar-refractivity contribution >= 4 is 23.5 Å². The van der Waals surface area contributed by atoms with E-state index >= 15 is 0 Å². The summed E-state index contributed by atoms with van der Waals surface area (Å²) in [6.45, 7) is 1.80. The quantitative estimate of drug-likeness (QED) is 0.825. The van der Waals surface area contributed by atoms with Gasteiger partial charge < -0.3 is 9.47 Å². The van der Waals surface area contributed by atoms with Crippen LogP contribution in [0.3, 0.4) is 0 Å². The molecule has 1 aliphatic heterocycles. The van der Waals surface area contributed by atoms with Gasteiger partial charge in [0.05, 0.1) is 24.4 Å². The minimum atomic E-state index is -0.774. The van der Waals surface area contributed by atoms with E-state index in [1.165, 1.54) is 7.11 Å². The number of benzene rings is 2. The molecule has 1 unspecified atom stereocenters. The molecule has 25 heavy (non-hydrogen) atoms. The molecule has 1 aliphatic rings. The maximum atomic E-state index is 11.7. The highest BCUT2D eigenvalue weighted by Gasteiger charge is 2.32. The summed E-state index contributed by atoms with van der Waals surface area (Å²) in [5.74, 6) is 0.0862. The highest BCUT2D eigenvalue weighted by Crippen LogP contribution is 2.34. The van der Waals surface area contributed by atoms with E-state index in [1.54, 1.807) is 13.0 Å². The second-order valence-corrected chi connectivity index (χ2v) is 5.94. The number of allylic oxidation sites excluding steroid dienone is 2. The molecule has 0 amide bonds. The number of carbonyl (C=O) groups is 1. The first-order chi connectivity index (χ1) is 12.1. The number of hydrazone groups is 1. The van der Waals surface area contributed by atoms with Crippen LogP contribution in [-0.2, 0) is 9.47 Å². The van der Waals surface area contributed by atoms with Crippen LogP contribution in [-0.4, -0.2) is 19.0 Å². The van der Waals surface area contributed by atoms with Crippen molar-refractivity contribution in [3.8, 4) is 0 Å². The van der Waals surface area contributed by atoms with E-state index in [-0.39, 0.29) is 5.92 Å². The number of carbonyl (C=O) groups excluding carboxylic acids is 1. The molecule has 2 aromatic carbocycles. The van der Waals surface area contributed by atoms with Crippen molar-refractivity contribution in [3.05, 3.63) is 82.2 Å². The zero-order valence-corrected chi connectivity index (χ0v) is 14.6. The largest absolute Gasteiger partial charge is 0.513 e. The lowest BCUT2D eigenvalue weighted by atomic mass is 9.86. The van der Waals surface area contributed by atoms with E-state index in [2.05, 4.69) is 15.3 Å². The van der Waals surface area contributed by atoms with Crippen molar-refractivity contribution in [1.82, 2.24) is 5.43 Å². The number of nitrogens with zero attached hydrogens (tertiary/aromatic N) is 1. The first-order valence-electron chi connectivity index (χ1n) is 7.71. The number of hydrogen-bond acceptors (Lipinski definition) is 5. The molecule has 1 N–H and O–H groups in total. The van der Waals surface area contributed by atoms with E-state index in [1.807, 2.05) is 48.5 Å². The van der Waals surface area contributed by atoms with E-state index in [4.69, 9.17) is 16.3 Å². The lowest BCUT2D eigenvalue weighted by Crippen LogP contribution is -2.29. The molecule has 6 heteroatoms. The second-order valence-electron chi connectivity index (χ2n) is 5.51. The van der Waals surface area contributed by atoms with Crippen LogP contribution in [0.2, 0.25) is 5.02 Å². The highest BCUT2D eigenvalue weighted by molar-refractivity contribution is 6.31. The Morgan fingerprint density at radius 3 is 2.60 bits per heavy atom. The fourth-order valence-electron chi connectivity index (χ4n) is 2.71. The molecule has 1 atom stereocenters. The summed E-state index contributed by atoms with van der Waals surface area (Å²) in [6, 6.07) is 17.1. The summed E-state index contributed by atoms with van der Waals surface area (Å²) in [5, 5.41) is 5.09. The van der Waals surface area contributed by atoms with Crippen molar-refractivity contribution in [2.45, 2.75) is 12.8 Å². The van der Waals surface area contributed by atoms with Gasteiger partial charge in [0.15, 0.2) is 0 Å². The third kappa shape index (κ3) is 3.67. The van der Waals surface area contributed by atoms with Crippen molar-refractivity contribution < 1.29 is 14.3 Å². The fourth-order valence-corrected chi connectivity index (χ4v) is 2.90. The molecule has 0 saturated carbocycles. The SMILES string of the molecule is COC(=O)OC1=C(C)NN=C(c2cccc(Cl)c2)C1c1ccccc1. The smallest absolute Gasteiger partial charge is 0.437 e. The molecule has 128 valence electrons. The van der Waals surface area contributed by atoms with Crippen LogP contribution in [0.4, 0.5) is 4.79 Å². The van der Waals surface area contributed by atoms with E-state index in [0.717, 1.165) is 11.1 Å². The van der Waals surface area contributed by atoms with Gasteiger partial charge in [0.1, 0.15) is 5.76 Å². The summed E-state index contributed by atoms with van der Waals surface area (Å²) in [7, 11) is 1.28. The van der Waals surface area contributed by atoms with Crippen molar-refractivity contribution in [2.24, 2.45) is 5.10 Å². The van der Waals surface area contributed by atoms with Gasteiger partial charge in [-0.25, -0.2) is 4.79 Å². The topological polar surface area (TPSA) is 59.9 Å². The molecule has 0 aromatic heterocycles. The predicted molar refractivity (Wildman–Crippen MR) is 96.5 cm³/mol. The lowest BCUT2D eigenvalue weighted by molar-refractivity contribution is 0.0931. The van der Waals surface area contributed by atoms with Crippen LogP contribution in [0.5, 0.6) is 0 Å². The van der Waals surface area contributed by atoms with Gasteiger partial charge in [-0.3, -0.25) is 5.43 Å². The molecule has 0 fully saturated rings. The predicted octanol–water partition coefficient (Wildman–Crippen LogP) is 4.45. The summed E-state index contributed by atoms with van der Waals surface area (Å²) in [5.41, 5.74) is 6.06. The molecule has 0 radical (unpaired) electrons. The summed E-state index contributed by atoms with van der Waals surface area (Å²) in [4.78, 5) is 11.7. The van der Waals surface area contributed by atoms with Gasteiger partial charge in [-0.15, -0.1) is 0 Å². The normalized spacial score (nSPS) is 16.8. The Hall–Kier alpha value is -2.79. The number of nitrogens with one attached hydrogen (secondary N) is 1.